The molecule has 0 radical (unpaired) electrons. The molecule has 2 atom stereocenters. The summed E-state index contributed by atoms with van der Waals surface area (Å²) in [5.74, 6) is 2.14. The molecule has 1 heterocycles. The topological polar surface area (TPSA) is 82.8 Å². The quantitative estimate of drug-likeness (QED) is 0.811. The second-order valence-electron chi connectivity index (χ2n) is 6.36. The first kappa shape index (κ1) is 14.9. The van der Waals surface area contributed by atoms with Gasteiger partial charge in [-0.25, -0.2) is 4.79 Å². The van der Waals surface area contributed by atoms with Crippen LogP contribution in [0.25, 0.3) is 0 Å². The normalized spacial score (nSPS) is 23.1. The first-order valence-electron chi connectivity index (χ1n) is 7.89. The summed E-state index contributed by atoms with van der Waals surface area (Å²) in [7, 11) is 0. The molecule has 6 heteroatoms. The van der Waals surface area contributed by atoms with Crippen LogP contribution in [0.4, 0.5) is 4.79 Å². The standard InChI is InChI=1S/C16H22N2O4/c1-10-8-13(10)14-5-4-12(22-14)9-18(11-2-3-11)16(21)17-7-6-15(19)20/h4-5,10-11,13H,2-3,6-9H2,1H3,(H,17,21)(H,19,20). The lowest BCUT2D eigenvalue weighted by Crippen LogP contribution is -2.41. The summed E-state index contributed by atoms with van der Waals surface area (Å²) in [4.78, 5) is 24.5. The number of nitrogens with one attached hydrogen (secondary N) is 1. The zero-order valence-corrected chi connectivity index (χ0v) is 12.7. The van der Waals surface area contributed by atoms with Crippen molar-refractivity contribution < 1.29 is 19.1 Å². The first-order chi connectivity index (χ1) is 10.5. The minimum absolute atomic E-state index is 0.0608. The molecule has 2 unspecified atom stereocenters. The lowest BCUT2D eigenvalue weighted by atomic mass is 10.3. The molecule has 0 aromatic carbocycles. The average Bonchev–Trinajstić information content (AvgIpc) is 3.37. The van der Waals surface area contributed by atoms with E-state index in [-0.39, 0.29) is 25.0 Å². The smallest absolute Gasteiger partial charge is 0.318 e. The molecule has 2 amide bonds. The van der Waals surface area contributed by atoms with Crippen molar-refractivity contribution in [3.05, 3.63) is 23.7 Å². The molecule has 1 aromatic heterocycles. The van der Waals surface area contributed by atoms with Crippen LogP contribution in [0.5, 0.6) is 0 Å². The molecule has 120 valence electrons. The number of carbonyl (C=O) groups is 2. The van der Waals surface area contributed by atoms with Gasteiger partial charge in [0.2, 0.25) is 0 Å². The monoisotopic (exact) mass is 306 g/mol. The highest BCUT2D eigenvalue weighted by molar-refractivity contribution is 5.75. The highest BCUT2D eigenvalue weighted by Gasteiger charge is 2.37. The number of carboxylic acid groups (broad SMARTS) is 1. The largest absolute Gasteiger partial charge is 0.481 e. The maximum absolute atomic E-state index is 12.2. The van der Waals surface area contributed by atoms with Gasteiger partial charge in [-0.1, -0.05) is 6.92 Å². The fourth-order valence-corrected chi connectivity index (χ4v) is 2.70. The Hall–Kier alpha value is -1.98. The Balaban J connectivity index is 1.56. The third-order valence-electron chi connectivity index (χ3n) is 4.35. The predicted molar refractivity (Wildman–Crippen MR) is 79.4 cm³/mol. The fraction of sp³-hybridized carbons (Fsp3) is 0.625. The summed E-state index contributed by atoms with van der Waals surface area (Å²) in [6.45, 7) is 2.81. The number of urea groups is 1. The second-order valence-corrected chi connectivity index (χ2v) is 6.36. The minimum atomic E-state index is -0.910. The van der Waals surface area contributed by atoms with Crippen LogP contribution in [0.3, 0.4) is 0 Å². The lowest BCUT2D eigenvalue weighted by Gasteiger charge is -2.21. The van der Waals surface area contributed by atoms with E-state index in [1.165, 1.54) is 6.42 Å². The van der Waals surface area contributed by atoms with E-state index in [1.54, 1.807) is 4.90 Å². The minimum Gasteiger partial charge on any atom is -0.481 e. The van der Waals surface area contributed by atoms with Gasteiger partial charge in [0, 0.05) is 18.5 Å². The van der Waals surface area contributed by atoms with Crippen LogP contribution in [0.2, 0.25) is 0 Å². The van der Waals surface area contributed by atoms with E-state index in [4.69, 9.17) is 9.52 Å². The Bertz CT molecular complexity index is 564. The van der Waals surface area contributed by atoms with E-state index < -0.39 is 5.97 Å². The number of aliphatic carboxylic acids is 1. The number of nitrogens with zero attached hydrogens (tertiary/aromatic N) is 1. The number of carbonyl (C=O) groups excluding carboxylic acids is 1. The molecule has 2 aliphatic rings. The Labute approximate surface area is 129 Å². The van der Waals surface area contributed by atoms with Crippen molar-refractivity contribution in [1.82, 2.24) is 10.2 Å². The van der Waals surface area contributed by atoms with Crippen LogP contribution < -0.4 is 5.32 Å². The van der Waals surface area contributed by atoms with Crippen LogP contribution >= 0.6 is 0 Å². The molecule has 1 aromatic rings. The highest BCUT2D eigenvalue weighted by atomic mass is 16.4. The van der Waals surface area contributed by atoms with E-state index in [0.29, 0.717) is 18.4 Å². The van der Waals surface area contributed by atoms with Gasteiger partial charge in [-0.05, 0) is 37.3 Å². The number of furan rings is 1. The second kappa shape index (κ2) is 6.02. The van der Waals surface area contributed by atoms with Crippen molar-refractivity contribution >= 4 is 12.0 Å². The van der Waals surface area contributed by atoms with Gasteiger partial charge in [-0.2, -0.15) is 0 Å². The SMILES string of the molecule is CC1CC1c1ccc(CN(C(=O)NCCC(=O)O)C2CC2)o1. The van der Waals surface area contributed by atoms with Gasteiger partial charge in [0.25, 0.3) is 0 Å². The molecule has 3 rings (SSSR count). The summed E-state index contributed by atoms with van der Waals surface area (Å²) in [5, 5.41) is 11.3. The molecule has 2 saturated carbocycles. The van der Waals surface area contributed by atoms with Gasteiger partial charge < -0.3 is 19.7 Å². The Morgan fingerprint density at radius 3 is 2.73 bits per heavy atom. The van der Waals surface area contributed by atoms with Crippen molar-refractivity contribution in [1.29, 1.82) is 0 Å². The van der Waals surface area contributed by atoms with Gasteiger partial charge in [0.05, 0.1) is 13.0 Å². The van der Waals surface area contributed by atoms with Crippen LogP contribution in [-0.2, 0) is 11.3 Å². The summed E-state index contributed by atoms with van der Waals surface area (Å²) < 4.78 is 5.86. The molecular formula is C16H22N2O4. The lowest BCUT2D eigenvalue weighted by molar-refractivity contribution is -0.136. The van der Waals surface area contributed by atoms with Crippen LogP contribution in [0.15, 0.2) is 16.5 Å². The number of hydrogen-bond donors (Lipinski definition) is 2. The number of carboxylic acids is 1. The third-order valence-corrected chi connectivity index (χ3v) is 4.35. The summed E-state index contributed by atoms with van der Waals surface area (Å²) in [6, 6.07) is 4.00. The molecule has 0 aliphatic heterocycles. The molecule has 2 fully saturated rings. The first-order valence-corrected chi connectivity index (χ1v) is 7.89. The summed E-state index contributed by atoms with van der Waals surface area (Å²) in [5.41, 5.74) is 0. The Morgan fingerprint density at radius 1 is 1.41 bits per heavy atom. The molecule has 22 heavy (non-hydrogen) atoms. The van der Waals surface area contributed by atoms with Gasteiger partial charge in [0.1, 0.15) is 11.5 Å². The zero-order chi connectivity index (χ0) is 15.7. The van der Waals surface area contributed by atoms with E-state index in [0.717, 1.165) is 24.4 Å². The van der Waals surface area contributed by atoms with E-state index in [1.807, 2.05) is 12.1 Å². The third kappa shape index (κ3) is 3.61. The Morgan fingerprint density at radius 2 is 2.14 bits per heavy atom. The predicted octanol–water partition coefficient (Wildman–Crippen LogP) is 2.55. The number of amides is 2. The van der Waals surface area contributed by atoms with Crippen molar-refractivity contribution in [2.24, 2.45) is 5.92 Å². The molecule has 2 N–H and O–H groups in total. The van der Waals surface area contributed by atoms with Crippen LogP contribution in [0.1, 0.15) is 50.0 Å². The van der Waals surface area contributed by atoms with Gasteiger partial charge in [-0.15, -0.1) is 0 Å². The van der Waals surface area contributed by atoms with Crippen molar-refractivity contribution in [3.8, 4) is 0 Å². The zero-order valence-electron chi connectivity index (χ0n) is 12.7. The molecule has 6 nitrogen and oxygen atoms in total. The van der Waals surface area contributed by atoms with E-state index in [2.05, 4.69) is 12.2 Å². The molecule has 0 bridgehead atoms. The van der Waals surface area contributed by atoms with Gasteiger partial charge in [-0.3, -0.25) is 4.79 Å². The summed E-state index contributed by atoms with van der Waals surface area (Å²) in [6.07, 6.45) is 3.11. The number of rotatable bonds is 7. The number of hydrogen-bond acceptors (Lipinski definition) is 3. The molecule has 2 aliphatic carbocycles. The van der Waals surface area contributed by atoms with E-state index >= 15 is 0 Å². The van der Waals surface area contributed by atoms with E-state index in [9.17, 15) is 9.59 Å². The maximum atomic E-state index is 12.2. The highest BCUT2D eigenvalue weighted by Crippen LogP contribution is 2.47. The van der Waals surface area contributed by atoms with Crippen LogP contribution in [-0.4, -0.2) is 34.6 Å². The molecule has 0 spiro atoms. The van der Waals surface area contributed by atoms with Crippen molar-refractivity contribution in [2.75, 3.05) is 6.54 Å². The van der Waals surface area contributed by atoms with Gasteiger partial charge >= 0.3 is 12.0 Å². The van der Waals surface area contributed by atoms with Crippen molar-refractivity contribution in [3.63, 3.8) is 0 Å². The maximum Gasteiger partial charge on any atom is 0.318 e. The average molecular weight is 306 g/mol. The Kier molecular flexibility index (Phi) is 4.09. The summed E-state index contributed by atoms with van der Waals surface area (Å²) >= 11 is 0. The molecular weight excluding hydrogens is 284 g/mol. The van der Waals surface area contributed by atoms with Gasteiger partial charge in [0.15, 0.2) is 0 Å². The molecule has 0 saturated heterocycles. The van der Waals surface area contributed by atoms with Crippen molar-refractivity contribution in [2.45, 2.75) is 51.1 Å². The fourth-order valence-electron chi connectivity index (χ4n) is 2.70. The van der Waals surface area contributed by atoms with Crippen LogP contribution in [0, 0.1) is 5.92 Å².